The van der Waals surface area contributed by atoms with Crippen molar-refractivity contribution in [2.24, 2.45) is 7.05 Å². The molecule has 8 heteroatoms. The molecule has 0 saturated carbocycles. The molecule has 0 aliphatic heterocycles. The van der Waals surface area contributed by atoms with Gasteiger partial charge in [-0.25, -0.2) is 9.37 Å². The molecule has 0 saturated heterocycles. The maximum absolute atomic E-state index is 13.7. The summed E-state index contributed by atoms with van der Waals surface area (Å²) in [5.41, 5.74) is 2.88. The highest BCUT2D eigenvalue weighted by atomic mass is 35.5. The molecule has 3 rings (SSSR count). The highest BCUT2D eigenvalue weighted by Crippen LogP contribution is 2.37. The molecule has 1 aromatic carbocycles. The molecular weight excluding hydrogens is 475 g/mol. The van der Waals surface area contributed by atoms with E-state index in [4.69, 9.17) is 16.0 Å². The zero-order chi connectivity index (χ0) is 24.4. The van der Waals surface area contributed by atoms with Crippen molar-refractivity contribution in [1.82, 2.24) is 9.55 Å². The van der Waals surface area contributed by atoms with E-state index in [-0.39, 0.29) is 16.8 Å². The van der Waals surface area contributed by atoms with Crippen LogP contribution in [-0.2, 0) is 17.9 Å². The number of aromatic nitrogens is 2. The molecule has 0 amide bonds. The van der Waals surface area contributed by atoms with Crippen LogP contribution in [0.1, 0.15) is 43.7 Å². The van der Waals surface area contributed by atoms with Gasteiger partial charge in [-0.2, -0.15) is 0 Å². The summed E-state index contributed by atoms with van der Waals surface area (Å²) in [6.07, 6.45) is 2.69. The monoisotopic (exact) mass is 508 g/mol. The van der Waals surface area contributed by atoms with Crippen LogP contribution >= 0.6 is 22.9 Å². The van der Waals surface area contributed by atoms with E-state index in [9.17, 15) is 9.50 Å². The Balaban J connectivity index is 1.76. The van der Waals surface area contributed by atoms with E-state index >= 15 is 0 Å². The van der Waals surface area contributed by atoms with Crippen molar-refractivity contribution in [1.29, 1.82) is 0 Å². The quantitative estimate of drug-likeness (QED) is 0.315. The van der Waals surface area contributed by atoms with Gasteiger partial charge in [-0.15, -0.1) is 11.3 Å². The number of benzene rings is 1. The summed E-state index contributed by atoms with van der Waals surface area (Å²) >= 11 is 7.63. The van der Waals surface area contributed by atoms with Crippen LogP contribution in [0, 0.1) is 5.82 Å². The van der Waals surface area contributed by atoms with Crippen LogP contribution in [0.5, 0.6) is 0 Å². The molecule has 4 nitrogen and oxygen atoms in total. The predicted octanol–water partition coefficient (Wildman–Crippen LogP) is 7.04. The molecule has 2 heterocycles. The van der Waals surface area contributed by atoms with Crippen molar-refractivity contribution in [3.05, 3.63) is 63.5 Å². The maximum Gasteiger partial charge on any atom is 0.192 e. The van der Waals surface area contributed by atoms with Crippen LogP contribution in [0.25, 0.3) is 11.3 Å². The Morgan fingerprint density at radius 3 is 2.61 bits per heavy atom. The molecule has 1 N–H and O–H groups in total. The molecule has 2 atom stereocenters. The minimum atomic E-state index is -1.94. The fraction of sp³-hybridized carbons (Fsp3) is 0.480. The Kier molecular flexibility index (Phi) is 8.22. The summed E-state index contributed by atoms with van der Waals surface area (Å²) in [6, 6.07) is 8.69. The number of nitrogens with zero attached hydrogens (tertiary/aromatic N) is 2. The van der Waals surface area contributed by atoms with Crippen molar-refractivity contribution < 1.29 is 13.9 Å². The zero-order valence-corrected chi connectivity index (χ0v) is 22.8. The summed E-state index contributed by atoms with van der Waals surface area (Å²) in [4.78, 5) is 4.49. The highest BCUT2D eigenvalue weighted by Gasteiger charge is 2.37. The van der Waals surface area contributed by atoms with Crippen molar-refractivity contribution >= 4 is 31.3 Å². The second kappa shape index (κ2) is 10.4. The number of halogens is 2. The molecule has 0 fully saturated rings. The maximum atomic E-state index is 13.7. The molecule has 33 heavy (non-hydrogen) atoms. The van der Waals surface area contributed by atoms with E-state index in [1.165, 1.54) is 17.4 Å². The molecule has 3 aromatic rings. The number of aliphatic hydroxyl groups excluding tert-OH is 1. The van der Waals surface area contributed by atoms with E-state index in [0.29, 0.717) is 24.6 Å². The molecule has 2 unspecified atom stereocenters. The van der Waals surface area contributed by atoms with E-state index in [1.54, 1.807) is 12.1 Å². The van der Waals surface area contributed by atoms with Gasteiger partial charge in [-0.3, -0.25) is 0 Å². The van der Waals surface area contributed by atoms with Crippen molar-refractivity contribution in [3.63, 3.8) is 0 Å². The second-order valence-electron chi connectivity index (χ2n) is 10.2. The lowest BCUT2D eigenvalue weighted by Crippen LogP contribution is -2.42. The highest BCUT2D eigenvalue weighted by molar-refractivity contribution is 7.10. The first-order valence-corrected chi connectivity index (χ1v) is 15.4. The van der Waals surface area contributed by atoms with E-state index in [2.05, 4.69) is 51.1 Å². The molecule has 0 aliphatic rings. The van der Waals surface area contributed by atoms with Crippen LogP contribution in [0.4, 0.5) is 4.39 Å². The van der Waals surface area contributed by atoms with Crippen LogP contribution in [0.3, 0.4) is 0 Å². The summed E-state index contributed by atoms with van der Waals surface area (Å²) < 4.78 is 22.0. The fourth-order valence-electron chi connectivity index (χ4n) is 3.61. The van der Waals surface area contributed by atoms with Gasteiger partial charge in [0.15, 0.2) is 8.32 Å². The van der Waals surface area contributed by atoms with E-state index < -0.39 is 14.4 Å². The predicted molar refractivity (Wildman–Crippen MR) is 138 cm³/mol. The van der Waals surface area contributed by atoms with Crippen molar-refractivity contribution in [2.45, 2.75) is 63.8 Å². The topological polar surface area (TPSA) is 47.3 Å². The molecule has 0 spiro atoms. The molecule has 0 bridgehead atoms. The number of aryl methyl sites for hydroxylation is 1. The van der Waals surface area contributed by atoms with Gasteiger partial charge in [-0.05, 0) is 54.7 Å². The van der Waals surface area contributed by atoms with Crippen LogP contribution < -0.4 is 0 Å². The van der Waals surface area contributed by atoms with Gasteiger partial charge in [-0.1, -0.05) is 44.5 Å². The number of aliphatic hydroxyl groups is 1. The third-order valence-corrected chi connectivity index (χ3v) is 12.3. The summed E-state index contributed by atoms with van der Waals surface area (Å²) in [5, 5.41) is 14.1. The molecule has 180 valence electrons. The van der Waals surface area contributed by atoms with Crippen LogP contribution in [0.2, 0.25) is 23.3 Å². The van der Waals surface area contributed by atoms with Gasteiger partial charge in [0, 0.05) is 35.8 Å². The van der Waals surface area contributed by atoms with Gasteiger partial charge in [0.1, 0.15) is 11.0 Å². The lowest BCUT2D eigenvalue weighted by atomic mass is 9.95. The Morgan fingerprint density at radius 1 is 1.27 bits per heavy atom. The van der Waals surface area contributed by atoms with Crippen LogP contribution in [0.15, 0.2) is 41.9 Å². The number of rotatable bonds is 9. The van der Waals surface area contributed by atoms with Gasteiger partial charge < -0.3 is 14.1 Å². The minimum absolute atomic E-state index is 0.00303. The standard InChI is InChI=1S/C25H34ClFN2O2SSi/c1-25(2,3)33(5,6)31-15-21(30)13-19(24-28-23(26)16-32-24)10-17-11-22(29(4)14-17)18-8-7-9-20(27)12-18/h7-9,11-12,14,16,19,21,30H,10,13,15H2,1-6H3. The van der Waals surface area contributed by atoms with E-state index in [1.807, 2.05) is 23.1 Å². The molecule has 0 radical (unpaired) electrons. The van der Waals surface area contributed by atoms with Gasteiger partial charge in [0.05, 0.1) is 17.7 Å². The normalized spacial score (nSPS) is 14.5. The smallest absolute Gasteiger partial charge is 0.192 e. The molecule has 2 aromatic heterocycles. The van der Waals surface area contributed by atoms with Crippen molar-refractivity contribution in [2.75, 3.05) is 6.61 Å². The van der Waals surface area contributed by atoms with Gasteiger partial charge in [0.25, 0.3) is 0 Å². The summed E-state index contributed by atoms with van der Waals surface area (Å²) in [5.74, 6) is -0.251. The summed E-state index contributed by atoms with van der Waals surface area (Å²) in [6.45, 7) is 11.3. The Labute approximate surface area is 206 Å². The first kappa shape index (κ1) is 26.1. The molecular formula is C25H34ClFN2O2SSi. The molecule has 0 aliphatic carbocycles. The first-order chi connectivity index (χ1) is 15.4. The third-order valence-electron chi connectivity index (χ3n) is 6.51. The lowest BCUT2D eigenvalue weighted by molar-refractivity contribution is 0.0866. The average Bonchev–Trinajstić information content (AvgIpc) is 3.30. The van der Waals surface area contributed by atoms with E-state index in [0.717, 1.165) is 21.8 Å². The van der Waals surface area contributed by atoms with Crippen molar-refractivity contribution in [3.8, 4) is 11.3 Å². The Bertz CT molecular complexity index is 1080. The number of thiazole rings is 1. The fourth-order valence-corrected chi connectivity index (χ4v) is 5.72. The Hall–Kier alpha value is -1.51. The Morgan fingerprint density at radius 2 is 2.00 bits per heavy atom. The SMILES string of the molecule is Cn1cc(CC(CC(O)CO[Si](C)(C)C(C)(C)C)c2nc(Cl)cs2)cc1-c1cccc(F)c1. The minimum Gasteiger partial charge on any atom is -0.414 e. The number of hydrogen-bond acceptors (Lipinski definition) is 4. The zero-order valence-electron chi connectivity index (χ0n) is 20.2. The second-order valence-corrected chi connectivity index (χ2v) is 16.3. The number of hydrogen-bond donors (Lipinski definition) is 1. The third kappa shape index (κ3) is 6.76. The van der Waals surface area contributed by atoms with Gasteiger partial charge >= 0.3 is 0 Å². The summed E-state index contributed by atoms with van der Waals surface area (Å²) in [7, 11) is 0.0168. The largest absolute Gasteiger partial charge is 0.414 e. The average molecular weight is 509 g/mol. The first-order valence-electron chi connectivity index (χ1n) is 11.2. The van der Waals surface area contributed by atoms with Crippen LogP contribution in [-0.4, -0.2) is 35.7 Å². The lowest BCUT2D eigenvalue weighted by Gasteiger charge is -2.37. The van der Waals surface area contributed by atoms with Gasteiger partial charge in [0.2, 0.25) is 0 Å².